The molecule has 3 fully saturated rings. The number of hydrogen-bond donors (Lipinski definition) is 1. The first kappa shape index (κ1) is 18.5. The van der Waals surface area contributed by atoms with Gasteiger partial charge in [0.05, 0.1) is 0 Å². The summed E-state index contributed by atoms with van der Waals surface area (Å²) in [6, 6.07) is -0.686. The Morgan fingerprint density at radius 3 is 2.68 bits per heavy atom. The standard InChI is InChI=1S/C18H29N3O3S/c1-17(2)7-12-8-18(3,10-17)11-21(12)14(22)9-20-15(23)13(5-6-25-4)19-16(20)24/h12-13H,5-11H2,1-4H3,(H,19,24). The molecular weight excluding hydrogens is 338 g/mol. The van der Waals surface area contributed by atoms with Crippen LogP contribution in [-0.4, -0.2) is 64.8 Å². The molecule has 3 unspecified atom stereocenters. The lowest BCUT2D eigenvalue weighted by Crippen LogP contribution is -2.45. The van der Waals surface area contributed by atoms with Crippen molar-refractivity contribution in [3.63, 3.8) is 0 Å². The van der Waals surface area contributed by atoms with Gasteiger partial charge in [0.15, 0.2) is 0 Å². The fourth-order valence-corrected chi connectivity index (χ4v) is 5.61. The Morgan fingerprint density at radius 2 is 2.00 bits per heavy atom. The molecule has 25 heavy (non-hydrogen) atoms. The van der Waals surface area contributed by atoms with E-state index >= 15 is 0 Å². The SMILES string of the molecule is CSCCC1NC(=O)N(CC(=O)N2CC3(C)CC2CC(C)(C)C3)C1=O. The molecule has 4 amide bonds. The molecule has 3 aliphatic rings. The first-order valence-electron chi connectivity index (χ1n) is 9.04. The predicted molar refractivity (Wildman–Crippen MR) is 98.3 cm³/mol. The second-order valence-electron chi connectivity index (χ2n) is 8.94. The van der Waals surface area contributed by atoms with Gasteiger partial charge < -0.3 is 10.2 Å². The Hall–Kier alpha value is -1.24. The minimum absolute atomic E-state index is 0.0968. The van der Waals surface area contributed by atoms with Gasteiger partial charge in [-0.15, -0.1) is 0 Å². The van der Waals surface area contributed by atoms with Crippen LogP contribution in [0.3, 0.4) is 0 Å². The summed E-state index contributed by atoms with van der Waals surface area (Å²) in [6.07, 6.45) is 5.70. The minimum atomic E-state index is -0.484. The topological polar surface area (TPSA) is 69.7 Å². The molecule has 1 aliphatic carbocycles. The van der Waals surface area contributed by atoms with Gasteiger partial charge in [-0.05, 0) is 48.5 Å². The molecule has 3 rings (SSSR count). The third-order valence-electron chi connectivity index (χ3n) is 5.75. The lowest BCUT2D eigenvalue weighted by molar-refractivity contribution is -0.138. The molecule has 0 radical (unpaired) electrons. The molecule has 2 heterocycles. The van der Waals surface area contributed by atoms with Crippen LogP contribution in [0.25, 0.3) is 0 Å². The Kier molecular flexibility index (Phi) is 4.81. The zero-order chi connectivity index (χ0) is 18.4. The number of amides is 4. The van der Waals surface area contributed by atoms with Gasteiger partial charge in [0.2, 0.25) is 5.91 Å². The van der Waals surface area contributed by atoms with Crippen molar-refractivity contribution in [3.8, 4) is 0 Å². The Morgan fingerprint density at radius 1 is 1.28 bits per heavy atom. The highest BCUT2D eigenvalue weighted by Gasteiger charge is 2.51. The number of rotatable bonds is 5. The average Bonchev–Trinajstić information content (AvgIpc) is 2.91. The van der Waals surface area contributed by atoms with Crippen LogP contribution in [0.15, 0.2) is 0 Å². The van der Waals surface area contributed by atoms with Crippen molar-refractivity contribution in [1.82, 2.24) is 15.1 Å². The van der Waals surface area contributed by atoms with Gasteiger partial charge in [-0.1, -0.05) is 20.8 Å². The highest BCUT2D eigenvalue weighted by Crippen LogP contribution is 2.52. The minimum Gasteiger partial charge on any atom is -0.338 e. The zero-order valence-electron chi connectivity index (χ0n) is 15.6. The molecule has 2 bridgehead atoms. The second-order valence-corrected chi connectivity index (χ2v) is 9.93. The maximum absolute atomic E-state index is 12.9. The molecule has 1 N–H and O–H groups in total. The van der Waals surface area contributed by atoms with Crippen LogP contribution >= 0.6 is 11.8 Å². The number of imide groups is 1. The van der Waals surface area contributed by atoms with Gasteiger partial charge >= 0.3 is 6.03 Å². The fourth-order valence-electron chi connectivity index (χ4n) is 5.14. The fraction of sp³-hybridized carbons (Fsp3) is 0.833. The molecule has 0 aromatic rings. The molecule has 1 saturated carbocycles. The van der Waals surface area contributed by atoms with Crippen LogP contribution < -0.4 is 5.32 Å². The average molecular weight is 368 g/mol. The van der Waals surface area contributed by atoms with Crippen LogP contribution in [-0.2, 0) is 9.59 Å². The van der Waals surface area contributed by atoms with Gasteiger partial charge in [-0.3, -0.25) is 14.5 Å². The predicted octanol–water partition coefficient (Wildman–Crippen LogP) is 2.09. The molecular formula is C18H29N3O3S. The highest BCUT2D eigenvalue weighted by atomic mass is 32.2. The quantitative estimate of drug-likeness (QED) is 0.756. The molecule has 140 valence electrons. The summed E-state index contributed by atoms with van der Waals surface area (Å²) in [6.45, 7) is 7.38. The monoisotopic (exact) mass is 367 g/mol. The largest absolute Gasteiger partial charge is 0.338 e. The Labute approximate surface area is 154 Å². The van der Waals surface area contributed by atoms with Crippen molar-refractivity contribution in [1.29, 1.82) is 0 Å². The third-order valence-corrected chi connectivity index (χ3v) is 6.39. The number of hydrogen-bond acceptors (Lipinski definition) is 4. The summed E-state index contributed by atoms with van der Waals surface area (Å²) in [5.41, 5.74) is 0.386. The maximum atomic E-state index is 12.9. The Bertz CT molecular complexity index is 594. The number of fused-ring (bicyclic) bond motifs is 2. The van der Waals surface area contributed by atoms with Crippen molar-refractivity contribution in [2.45, 2.75) is 58.5 Å². The highest BCUT2D eigenvalue weighted by molar-refractivity contribution is 7.98. The first-order valence-corrected chi connectivity index (χ1v) is 10.4. The third kappa shape index (κ3) is 3.66. The van der Waals surface area contributed by atoms with Gasteiger partial charge in [0.25, 0.3) is 5.91 Å². The number of nitrogens with one attached hydrogen (secondary N) is 1. The van der Waals surface area contributed by atoms with Crippen molar-refractivity contribution in [2.75, 3.05) is 25.1 Å². The summed E-state index contributed by atoms with van der Waals surface area (Å²) in [5.74, 6) is 0.446. The van der Waals surface area contributed by atoms with Crippen molar-refractivity contribution in [2.24, 2.45) is 10.8 Å². The van der Waals surface area contributed by atoms with Gasteiger partial charge in [0, 0.05) is 12.6 Å². The number of urea groups is 1. The normalized spacial score (nSPS) is 33.8. The molecule has 0 aromatic carbocycles. The zero-order valence-corrected chi connectivity index (χ0v) is 16.4. The number of thioether (sulfide) groups is 1. The summed E-state index contributed by atoms with van der Waals surface area (Å²) in [4.78, 5) is 40.4. The van der Waals surface area contributed by atoms with Crippen LogP contribution in [0.2, 0.25) is 0 Å². The van der Waals surface area contributed by atoms with E-state index in [1.54, 1.807) is 11.8 Å². The number of likely N-dealkylation sites (tertiary alicyclic amines) is 1. The molecule has 2 saturated heterocycles. The Balaban J connectivity index is 1.65. The van der Waals surface area contributed by atoms with Crippen molar-refractivity contribution in [3.05, 3.63) is 0 Å². The summed E-state index contributed by atoms with van der Waals surface area (Å²) >= 11 is 1.64. The summed E-state index contributed by atoms with van der Waals surface area (Å²) in [7, 11) is 0. The van der Waals surface area contributed by atoms with E-state index in [1.807, 2.05) is 11.2 Å². The van der Waals surface area contributed by atoms with E-state index in [9.17, 15) is 14.4 Å². The molecule has 0 aromatic heterocycles. The number of nitrogens with zero attached hydrogens (tertiary/aromatic N) is 2. The van der Waals surface area contributed by atoms with Crippen molar-refractivity contribution >= 4 is 29.6 Å². The lowest BCUT2D eigenvalue weighted by Gasteiger charge is -2.39. The van der Waals surface area contributed by atoms with E-state index in [4.69, 9.17) is 0 Å². The van der Waals surface area contributed by atoms with E-state index in [-0.39, 0.29) is 35.2 Å². The van der Waals surface area contributed by atoms with E-state index in [2.05, 4.69) is 26.1 Å². The van der Waals surface area contributed by atoms with Gasteiger partial charge in [-0.2, -0.15) is 11.8 Å². The summed E-state index contributed by atoms with van der Waals surface area (Å²) in [5, 5.41) is 2.70. The van der Waals surface area contributed by atoms with E-state index in [0.29, 0.717) is 6.42 Å². The first-order chi connectivity index (χ1) is 11.6. The van der Waals surface area contributed by atoms with E-state index < -0.39 is 12.1 Å². The molecule has 7 heteroatoms. The van der Waals surface area contributed by atoms with Crippen molar-refractivity contribution < 1.29 is 14.4 Å². The molecule has 3 atom stereocenters. The van der Waals surface area contributed by atoms with Gasteiger partial charge in [-0.25, -0.2) is 4.79 Å². The molecule has 6 nitrogen and oxygen atoms in total. The van der Waals surface area contributed by atoms with Gasteiger partial charge in [0.1, 0.15) is 12.6 Å². The second kappa shape index (κ2) is 6.49. The van der Waals surface area contributed by atoms with Crippen LogP contribution in [0, 0.1) is 10.8 Å². The van der Waals surface area contributed by atoms with Crippen LogP contribution in [0.1, 0.15) is 46.5 Å². The van der Waals surface area contributed by atoms with E-state index in [1.165, 1.54) is 0 Å². The smallest absolute Gasteiger partial charge is 0.325 e. The molecule has 2 aliphatic heterocycles. The lowest BCUT2D eigenvalue weighted by atomic mass is 9.65. The summed E-state index contributed by atoms with van der Waals surface area (Å²) < 4.78 is 0. The maximum Gasteiger partial charge on any atom is 0.325 e. The molecule has 0 spiro atoms. The van der Waals surface area contributed by atoms with E-state index in [0.717, 1.165) is 36.5 Å². The van der Waals surface area contributed by atoms with Crippen LogP contribution in [0.5, 0.6) is 0 Å². The van der Waals surface area contributed by atoms with Crippen LogP contribution in [0.4, 0.5) is 4.79 Å². The number of carbonyl (C=O) groups is 3. The number of carbonyl (C=O) groups excluding carboxylic acids is 3.